The average Bonchev–Trinajstić information content (AvgIpc) is 3.33. The van der Waals surface area contributed by atoms with Gasteiger partial charge in [-0.15, -0.1) is 0 Å². The van der Waals surface area contributed by atoms with Crippen LogP contribution < -0.4 is 5.32 Å². The molecule has 5 nitrogen and oxygen atoms in total. The van der Waals surface area contributed by atoms with Gasteiger partial charge >= 0.3 is 0 Å². The Balaban J connectivity index is 1.79. The van der Waals surface area contributed by atoms with Crippen molar-refractivity contribution in [3.8, 4) is 0 Å². The maximum absolute atomic E-state index is 12.2. The minimum absolute atomic E-state index is 0.0503. The highest BCUT2D eigenvalue weighted by Gasteiger charge is 2.32. The summed E-state index contributed by atoms with van der Waals surface area (Å²) in [7, 11) is 0. The van der Waals surface area contributed by atoms with Gasteiger partial charge in [-0.25, -0.2) is 0 Å². The van der Waals surface area contributed by atoms with Crippen LogP contribution in [0.1, 0.15) is 45.1 Å². The smallest absolute Gasteiger partial charge is 0.227 e. The van der Waals surface area contributed by atoms with Crippen molar-refractivity contribution in [1.29, 1.82) is 0 Å². The fraction of sp³-hybridized carbons (Fsp3) is 0.450. The number of carbonyl (C=O) groups excluding carboxylic acids is 2. The van der Waals surface area contributed by atoms with Crippen molar-refractivity contribution < 1.29 is 14.7 Å². The minimum atomic E-state index is -0.220. The number of amides is 1. The topological polar surface area (TPSA) is 78.8 Å². The lowest BCUT2D eigenvalue weighted by atomic mass is 9.77. The van der Waals surface area contributed by atoms with Crippen LogP contribution in [0.4, 0.5) is 11.4 Å². The molecule has 1 saturated carbocycles. The number of benzene rings is 1. The Hall–Kier alpha value is -2.43. The quantitative estimate of drug-likeness (QED) is 0.804. The van der Waals surface area contributed by atoms with Gasteiger partial charge in [0.25, 0.3) is 0 Å². The standard InChI is InChI=1S/C20H24N2O3/c1-12-4-7-14(8-16(12)22-19(25)13-5-6-13)21-11-15-17(23)9-20(2,3)10-18(15)24/h4,7-8,11,13,23H,5-6,9-10H2,1-3H3,(H,22,25). The highest BCUT2D eigenvalue weighted by atomic mass is 16.3. The number of ketones is 1. The van der Waals surface area contributed by atoms with Crippen molar-refractivity contribution in [2.24, 2.45) is 16.3 Å². The van der Waals surface area contributed by atoms with Crippen LogP contribution in [0.3, 0.4) is 0 Å². The summed E-state index contributed by atoms with van der Waals surface area (Å²) < 4.78 is 0. The first kappa shape index (κ1) is 17.4. The summed E-state index contributed by atoms with van der Waals surface area (Å²) in [4.78, 5) is 28.5. The van der Waals surface area contributed by atoms with Gasteiger partial charge in [-0.1, -0.05) is 19.9 Å². The zero-order valence-electron chi connectivity index (χ0n) is 14.9. The summed E-state index contributed by atoms with van der Waals surface area (Å²) >= 11 is 0. The Bertz CT molecular complexity index is 786. The van der Waals surface area contributed by atoms with E-state index >= 15 is 0 Å². The summed E-state index contributed by atoms with van der Waals surface area (Å²) in [6, 6.07) is 5.50. The molecular formula is C20H24N2O3. The monoisotopic (exact) mass is 340 g/mol. The molecule has 0 aliphatic heterocycles. The molecule has 0 aromatic heterocycles. The number of aliphatic hydroxyl groups excluding tert-OH is 1. The van der Waals surface area contributed by atoms with E-state index in [0.717, 1.165) is 24.1 Å². The Kier molecular flexibility index (Phi) is 4.50. The Morgan fingerprint density at radius 1 is 1.32 bits per heavy atom. The van der Waals surface area contributed by atoms with Crippen LogP contribution in [-0.4, -0.2) is 23.0 Å². The first-order chi connectivity index (χ1) is 11.7. The third kappa shape index (κ3) is 4.16. The molecule has 1 fully saturated rings. The fourth-order valence-corrected chi connectivity index (χ4v) is 2.99. The SMILES string of the molecule is Cc1ccc(N=CC2=C(O)CC(C)(C)CC2=O)cc1NC(=O)C1CC1. The lowest BCUT2D eigenvalue weighted by Gasteiger charge is -2.28. The van der Waals surface area contributed by atoms with Crippen LogP contribution in [0, 0.1) is 18.3 Å². The molecule has 5 heteroatoms. The lowest BCUT2D eigenvalue weighted by Crippen LogP contribution is -2.26. The summed E-state index contributed by atoms with van der Waals surface area (Å²) in [5.41, 5.74) is 2.40. The molecule has 0 saturated heterocycles. The number of aliphatic hydroxyl groups is 1. The molecule has 2 N–H and O–H groups in total. The number of aliphatic imine (C=N–C) groups is 1. The third-order valence-electron chi connectivity index (χ3n) is 4.67. The van der Waals surface area contributed by atoms with Crippen LogP contribution in [0.25, 0.3) is 0 Å². The number of nitrogens with one attached hydrogen (secondary N) is 1. The molecular weight excluding hydrogens is 316 g/mol. The number of carbonyl (C=O) groups is 2. The van der Waals surface area contributed by atoms with Crippen molar-refractivity contribution in [2.75, 3.05) is 5.32 Å². The highest BCUT2D eigenvalue weighted by Crippen LogP contribution is 2.35. The first-order valence-corrected chi connectivity index (χ1v) is 8.66. The van der Waals surface area contributed by atoms with Crippen LogP contribution in [-0.2, 0) is 9.59 Å². The van der Waals surface area contributed by atoms with Crippen LogP contribution in [0.15, 0.2) is 34.5 Å². The summed E-state index contributed by atoms with van der Waals surface area (Å²) in [5.74, 6) is 0.192. The molecule has 0 bridgehead atoms. The number of rotatable bonds is 4. The van der Waals surface area contributed by atoms with Crippen molar-refractivity contribution in [3.63, 3.8) is 0 Å². The zero-order valence-corrected chi connectivity index (χ0v) is 14.9. The van der Waals surface area contributed by atoms with Crippen molar-refractivity contribution in [3.05, 3.63) is 35.1 Å². The number of aryl methyl sites for hydroxylation is 1. The highest BCUT2D eigenvalue weighted by molar-refractivity contribution is 6.15. The largest absolute Gasteiger partial charge is 0.511 e. The minimum Gasteiger partial charge on any atom is -0.511 e. The van der Waals surface area contributed by atoms with E-state index in [2.05, 4.69) is 10.3 Å². The molecule has 132 valence electrons. The average molecular weight is 340 g/mol. The molecule has 25 heavy (non-hydrogen) atoms. The normalized spacial score (nSPS) is 20.2. The lowest BCUT2D eigenvalue weighted by molar-refractivity contribution is -0.118. The van der Waals surface area contributed by atoms with Gasteiger partial charge in [-0.3, -0.25) is 14.6 Å². The van der Waals surface area contributed by atoms with Gasteiger partial charge in [0.05, 0.1) is 11.3 Å². The fourth-order valence-electron chi connectivity index (χ4n) is 2.99. The number of nitrogens with zero attached hydrogens (tertiary/aromatic N) is 1. The van der Waals surface area contributed by atoms with Gasteiger partial charge in [-0.2, -0.15) is 0 Å². The van der Waals surface area contributed by atoms with Gasteiger partial charge < -0.3 is 10.4 Å². The molecule has 0 atom stereocenters. The van der Waals surface area contributed by atoms with Crippen LogP contribution in [0.2, 0.25) is 0 Å². The molecule has 3 rings (SSSR count). The molecule has 0 heterocycles. The summed E-state index contributed by atoms with van der Waals surface area (Å²) in [6.45, 7) is 5.85. The zero-order chi connectivity index (χ0) is 18.2. The maximum atomic E-state index is 12.2. The second kappa shape index (κ2) is 6.47. The number of allylic oxidation sites excluding steroid dienone is 2. The summed E-state index contributed by atoms with van der Waals surface area (Å²) in [6.07, 6.45) is 4.21. The maximum Gasteiger partial charge on any atom is 0.227 e. The van der Waals surface area contributed by atoms with Crippen LogP contribution in [0.5, 0.6) is 0 Å². The van der Waals surface area contributed by atoms with E-state index in [4.69, 9.17) is 0 Å². The van der Waals surface area contributed by atoms with E-state index < -0.39 is 0 Å². The second-order valence-corrected chi connectivity index (χ2v) is 7.82. The van der Waals surface area contributed by atoms with E-state index in [1.165, 1.54) is 6.21 Å². The molecule has 1 amide bonds. The van der Waals surface area contributed by atoms with Gasteiger partial charge in [0.15, 0.2) is 5.78 Å². The Morgan fingerprint density at radius 2 is 2.04 bits per heavy atom. The third-order valence-corrected chi connectivity index (χ3v) is 4.67. The number of anilines is 1. The van der Waals surface area contributed by atoms with E-state index in [-0.39, 0.29) is 34.4 Å². The molecule has 0 spiro atoms. The van der Waals surface area contributed by atoms with E-state index in [9.17, 15) is 14.7 Å². The molecule has 0 radical (unpaired) electrons. The molecule has 1 aromatic carbocycles. The summed E-state index contributed by atoms with van der Waals surface area (Å²) in [5, 5.41) is 13.1. The first-order valence-electron chi connectivity index (χ1n) is 8.66. The van der Waals surface area contributed by atoms with Crippen molar-refractivity contribution >= 4 is 29.3 Å². The van der Waals surface area contributed by atoms with E-state index in [0.29, 0.717) is 18.5 Å². The van der Waals surface area contributed by atoms with Crippen LogP contribution >= 0.6 is 0 Å². The van der Waals surface area contributed by atoms with Gasteiger partial charge in [0.1, 0.15) is 5.76 Å². The Morgan fingerprint density at radius 3 is 2.68 bits per heavy atom. The molecule has 2 aliphatic rings. The predicted octanol–water partition coefficient (Wildman–Crippen LogP) is 4.25. The Labute approximate surface area is 147 Å². The van der Waals surface area contributed by atoms with E-state index in [1.807, 2.05) is 32.9 Å². The van der Waals surface area contributed by atoms with Gasteiger partial charge in [0.2, 0.25) is 5.91 Å². The predicted molar refractivity (Wildman–Crippen MR) is 98.4 cm³/mol. The van der Waals surface area contributed by atoms with Gasteiger partial charge in [0, 0.05) is 30.7 Å². The molecule has 1 aromatic rings. The van der Waals surface area contributed by atoms with Crippen molar-refractivity contribution in [2.45, 2.75) is 46.5 Å². The molecule has 0 unspecified atom stereocenters. The van der Waals surface area contributed by atoms with E-state index in [1.54, 1.807) is 6.07 Å². The second-order valence-electron chi connectivity index (χ2n) is 7.82. The van der Waals surface area contributed by atoms with Crippen molar-refractivity contribution in [1.82, 2.24) is 0 Å². The number of hydrogen-bond donors (Lipinski definition) is 2. The number of hydrogen-bond acceptors (Lipinski definition) is 4. The molecule has 2 aliphatic carbocycles. The number of Topliss-reactive ketones (excluding diaryl/α,β-unsaturated/α-hetero) is 1. The van der Waals surface area contributed by atoms with Gasteiger partial charge in [-0.05, 0) is 42.9 Å².